The van der Waals surface area contributed by atoms with Crippen LogP contribution in [0.2, 0.25) is 0 Å². The van der Waals surface area contributed by atoms with Crippen molar-refractivity contribution in [2.75, 3.05) is 11.9 Å². The van der Waals surface area contributed by atoms with Crippen LogP contribution in [0.4, 0.5) is 5.69 Å². The molecular formula is C23H32N2O5. The lowest BCUT2D eigenvalue weighted by molar-refractivity contribution is -0.157. The molecule has 30 heavy (non-hydrogen) atoms. The molecule has 0 unspecified atom stereocenters. The van der Waals surface area contributed by atoms with Gasteiger partial charge >= 0.3 is 5.97 Å². The van der Waals surface area contributed by atoms with Gasteiger partial charge in [-0.3, -0.25) is 19.2 Å². The zero-order valence-electron chi connectivity index (χ0n) is 18.3. The van der Waals surface area contributed by atoms with E-state index in [1.807, 2.05) is 20.8 Å². The number of hydrogen-bond donors (Lipinski definition) is 2. The molecule has 0 spiro atoms. The van der Waals surface area contributed by atoms with Crippen molar-refractivity contribution >= 4 is 29.3 Å². The van der Waals surface area contributed by atoms with E-state index in [1.54, 1.807) is 31.2 Å². The molecule has 1 fully saturated rings. The lowest BCUT2D eigenvalue weighted by atomic mass is 9.82. The number of carbonyl (C=O) groups excluding carboxylic acids is 4. The van der Waals surface area contributed by atoms with Gasteiger partial charge in [0.2, 0.25) is 11.8 Å². The Balaban J connectivity index is 1.95. The standard InChI is InChI=1S/C23H32N2O5/c1-5-19(27)24-17-10-8-16(9-11-17)18(26)15-30-21(29)23(12-6-7-13-23)14-20(28)25-22(2,3)4/h8-11H,5-7,12-15H2,1-4H3,(H,24,27)(H,25,28). The van der Waals surface area contributed by atoms with E-state index in [0.29, 0.717) is 30.5 Å². The second kappa shape index (κ2) is 9.87. The minimum Gasteiger partial charge on any atom is -0.457 e. The summed E-state index contributed by atoms with van der Waals surface area (Å²) >= 11 is 0. The van der Waals surface area contributed by atoms with Gasteiger partial charge in [0.1, 0.15) is 0 Å². The number of Topliss-reactive ketones (excluding diaryl/α,β-unsaturated/α-hetero) is 1. The molecule has 0 atom stereocenters. The molecule has 2 amide bonds. The van der Waals surface area contributed by atoms with Gasteiger partial charge in [-0.15, -0.1) is 0 Å². The van der Waals surface area contributed by atoms with E-state index in [1.165, 1.54) is 0 Å². The summed E-state index contributed by atoms with van der Waals surface area (Å²) in [7, 11) is 0. The van der Waals surface area contributed by atoms with Crippen LogP contribution in [-0.2, 0) is 19.1 Å². The van der Waals surface area contributed by atoms with Crippen LogP contribution in [0, 0.1) is 5.41 Å². The minimum atomic E-state index is -0.857. The van der Waals surface area contributed by atoms with Crippen LogP contribution in [0.15, 0.2) is 24.3 Å². The average Bonchev–Trinajstić information content (AvgIpc) is 3.14. The summed E-state index contributed by atoms with van der Waals surface area (Å²) in [6.07, 6.45) is 3.33. The summed E-state index contributed by atoms with van der Waals surface area (Å²) in [6, 6.07) is 6.45. The zero-order chi connectivity index (χ0) is 22.4. The SMILES string of the molecule is CCC(=O)Nc1ccc(C(=O)COC(=O)C2(CC(=O)NC(C)(C)C)CCCC2)cc1. The van der Waals surface area contributed by atoms with E-state index in [4.69, 9.17) is 4.74 Å². The smallest absolute Gasteiger partial charge is 0.313 e. The number of benzene rings is 1. The van der Waals surface area contributed by atoms with Gasteiger partial charge in [-0.25, -0.2) is 0 Å². The summed E-state index contributed by atoms with van der Waals surface area (Å²) in [5.74, 6) is -1.11. The van der Waals surface area contributed by atoms with E-state index in [2.05, 4.69) is 10.6 Å². The third-order valence-corrected chi connectivity index (χ3v) is 5.15. The third kappa shape index (κ3) is 6.68. The maximum Gasteiger partial charge on any atom is 0.313 e. The molecule has 2 rings (SSSR count). The van der Waals surface area contributed by atoms with Gasteiger partial charge in [0, 0.05) is 29.6 Å². The fourth-order valence-electron chi connectivity index (χ4n) is 3.63. The zero-order valence-corrected chi connectivity index (χ0v) is 18.3. The van der Waals surface area contributed by atoms with E-state index >= 15 is 0 Å². The lowest BCUT2D eigenvalue weighted by Gasteiger charge is -2.28. The van der Waals surface area contributed by atoms with E-state index < -0.39 is 11.4 Å². The van der Waals surface area contributed by atoms with Crippen molar-refractivity contribution in [2.24, 2.45) is 5.41 Å². The maximum absolute atomic E-state index is 12.8. The van der Waals surface area contributed by atoms with Crippen molar-refractivity contribution in [3.05, 3.63) is 29.8 Å². The predicted molar refractivity (Wildman–Crippen MR) is 114 cm³/mol. The van der Waals surface area contributed by atoms with Crippen LogP contribution in [0.25, 0.3) is 0 Å². The van der Waals surface area contributed by atoms with Crippen molar-refractivity contribution in [3.8, 4) is 0 Å². The maximum atomic E-state index is 12.8. The van der Waals surface area contributed by atoms with Crippen molar-refractivity contribution in [1.82, 2.24) is 5.32 Å². The number of esters is 1. The Morgan fingerprint density at radius 2 is 1.60 bits per heavy atom. The van der Waals surface area contributed by atoms with Crippen molar-refractivity contribution < 1.29 is 23.9 Å². The number of hydrogen-bond acceptors (Lipinski definition) is 5. The number of rotatable bonds is 8. The molecular weight excluding hydrogens is 384 g/mol. The summed E-state index contributed by atoms with van der Waals surface area (Å²) in [6.45, 7) is 7.06. The number of ketones is 1. The Labute approximate surface area is 177 Å². The molecule has 0 radical (unpaired) electrons. The fourth-order valence-corrected chi connectivity index (χ4v) is 3.63. The Morgan fingerprint density at radius 3 is 2.13 bits per heavy atom. The number of amides is 2. The molecule has 0 bridgehead atoms. The van der Waals surface area contributed by atoms with Gasteiger partial charge < -0.3 is 15.4 Å². The summed E-state index contributed by atoms with van der Waals surface area (Å²) < 4.78 is 5.35. The summed E-state index contributed by atoms with van der Waals surface area (Å²) in [5.41, 5.74) is -0.239. The topological polar surface area (TPSA) is 102 Å². The molecule has 0 aliphatic heterocycles. The van der Waals surface area contributed by atoms with E-state index in [-0.39, 0.29) is 36.2 Å². The van der Waals surface area contributed by atoms with Gasteiger partial charge in [-0.1, -0.05) is 19.8 Å². The van der Waals surface area contributed by atoms with Gasteiger partial charge in [0.15, 0.2) is 12.4 Å². The Kier molecular flexibility index (Phi) is 7.76. The first-order chi connectivity index (χ1) is 14.0. The van der Waals surface area contributed by atoms with Crippen molar-refractivity contribution in [3.63, 3.8) is 0 Å². The van der Waals surface area contributed by atoms with Gasteiger partial charge in [0.05, 0.1) is 5.41 Å². The second-order valence-corrected chi connectivity index (χ2v) is 8.94. The highest BCUT2D eigenvalue weighted by Crippen LogP contribution is 2.42. The van der Waals surface area contributed by atoms with Crippen LogP contribution >= 0.6 is 0 Å². The Morgan fingerprint density at radius 1 is 1.00 bits per heavy atom. The highest BCUT2D eigenvalue weighted by Gasteiger charge is 2.44. The number of ether oxygens (including phenoxy) is 1. The van der Waals surface area contributed by atoms with Crippen LogP contribution in [0.3, 0.4) is 0 Å². The van der Waals surface area contributed by atoms with E-state index in [9.17, 15) is 19.2 Å². The van der Waals surface area contributed by atoms with Crippen LogP contribution in [0.5, 0.6) is 0 Å². The number of carbonyl (C=O) groups is 4. The molecule has 1 aliphatic carbocycles. The highest BCUT2D eigenvalue weighted by atomic mass is 16.5. The first kappa shape index (κ1) is 23.6. The first-order valence-electron chi connectivity index (χ1n) is 10.5. The van der Waals surface area contributed by atoms with Crippen molar-refractivity contribution in [1.29, 1.82) is 0 Å². The molecule has 0 saturated heterocycles. The van der Waals surface area contributed by atoms with Gasteiger partial charge in [0.25, 0.3) is 0 Å². The molecule has 0 aromatic heterocycles. The van der Waals surface area contributed by atoms with E-state index in [0.717, 1.165) is 12.8 Å². The molecule has 7 nitrogen and oxygen atoms in total. The molecule has 164 valence electrons. The quantitative estimate of drug-likeness (QED) is 0.498. The highest BCUT2D eigenvalue weighted by molar-refractivity contribution is 5.99. The molecule has 1 aromatic rings. The first-order valence-corrected chi connectivity index (χ1v) is 10.5. The predicted octanol–water partition coefficient (Wildman–Crippen LogP) is 3.63. The molecule has 7 heteroatoms. The normalized spacial score (nSPS) is 15.3. The number of anilines is 1. The van der Waals surface area contributed by atoms with Crippen molar-refractivity contribution in [2.45, 2.75) is 71.8 Å². The van der Waals surface area contributed by atoms with Crippen LogP contribution < -0.4 is 10.6 Å². The summed E-state index contributed by atoms with van der Waals surface area (Å²) in [5, 5.41) is 5.61. The van der Waals surface area contributed by atoms with Crippen LogP contribution in [0.1, 0.15) is 76.6 Å². The molecule has 0 heterocycles. The minimum absolute atomic E-state index is 0.0725. The molecule has 1 aliphatic rings. The molecule has 1 aromatic carbocycles. The second-order valence-electron chi connectivity index (χ2n) is 8.94. The van der Waals surface area contributed by atoms with Gasteiger partial charge in [-0.05, 0) is 57.9 Å². The summed E-state index contributed by atoms with van der Waals surface area (Å²) in [4.78, 5) is 49.1. The lowest BCUT2D eigenvalue weighted by Crippen LogP contribution is -2.44. The Hall–Kier alpha value is -2.70. The molecule has 1 saturated carbocycles. The van der Waals surface area contributed by atoms with Crippen LogP contribution in [-0.4, -0.2) is 35.7 Å². The fraction of sp³-hybridized carbons (Fsp3) is 0.565. The van der Waals surface area contributed by atoms with Gasteiger partial charge in [-0.2, -0.15) is 0 Å². The monoisotopic (exact) mass is 416 g/mol. The average molecular weight is 417 g/mol. The number of nitrogens with one attached hydrogen (secondary N) is 2. The largest absolute Gasteiger partial charge is 0.457 e. The third-order valence-electron chi connectivity index (χ3n) is 5.15. The molecule has 2 N–H and O–H groups in total. The Bertz CT molecular complexity index is 787.